The fourth-order valence-corrected chi connectivity index (χ4v) is 4.18. The summed E-state index contributed by atoms with van der Waals surface area (Å²) in [5.74, 6) is -0.201. The predicted molar refractivity (Wildman–Crippen MR) is 96.0 cm³/mol. The van der Waals surface area contributed by atoms with Crippen molar-refractivity contribution >= 4 is 70.6 Å². The molecule has 0 aliphatic heterocycles. The molecule has 106 valence electrons. The molecular weight excluding hydrogens is 416 g/mol. The first-order chi connectivity index (χ1) is 10.1. The number of carbonyl (C=O) groups is 1. The van der Waals surface area contributed by atoms with Gasteiger partial charge in [0.15, 0.2) is 0 Å². The van der Waals surface area contributed by atoms with Gasteiger partial charge in [-0.05, 0) is 40.2 Å². The van der Waals surface area contributed by atoms with Crippen LogP contribution in [0.4, 0.5) is 11.4 Å². The number of hydrogen-bond donors (Lipinski definition) is 2. The van der Waals surface area contributed by atoms with Crippen LogP contribution in [0.5, 0.6) is 0 Å². The highest BCUT2D eigenvalue weighted by molar-refractivity contribution is 9.11. The molecule has 0 aliphatic rings. The number of rotatable bonds is 2. The van der Waals surface area contributed by atoms with Gasteiger partial charge in [0.2, 0.25) is 0 Å². The van der Waals surface area contributed by atoms with Crippen LogP contribution in [0.15, 0.2) is 51.4 Å². The molecule has 3 aromatic rings. The van der Waals surface area contributed by atoms with Gasteiger partial charge in [-0.2, -0.15) is 0 Å². The van der Waals surface area contributed by atoms with E-state index in [-0.39, 0.29) is 5.91 Å². The Morgan fingerprint density at radius 2 is 1.76 bits per heavy atom. The number of carbonyl (C=O) groups excluding carboxylic acids is 1. The van der Waals surface area contributed by atoms with Gasteiger partial charge < -0.3 is 11.1 Å². The van der Waals surface area contributed by atoms with E-state index in [4.69, 9.17) is 5.73 Å². The van der Waals surface area contributed by atoms with Gasteiger partial charge in [-0.3, -0.25) is 4.79 Å². The van der Waals surface area contributed by atoms with Crippen LogP contribution in [0.3, 0.4) is 0 Å². The van der Waals surface area contributed by atoms with Gasteiger partial charge in [0, 0.05) is 19.0 Å². The third-order valence-electron chi connectivity index (χ3n) is 3.03. The van der Waals surface area contributed by atoms with E-state index in [0.29, 0.717) is 10.6 Å². The molecule has 21 heavy (non-hydrogen) atoms. The van der Waals surface area contributed by atoms with Crippen molar-refractivity contribution in [2.24, 2.45) is 0 Å². The van der Waals surface area contributed by atoms with E-state index in [1.165, 1.54) is 11.3 Å². The molecule has 1 aromatic heterocycles. The highest BCUT2D eigenvalue weighted by atomic mass is 79.9. The Bertz CT molecular complexity index is 845. The lowest BCUT2D eigenvalue weighted by Gasteiger charge is -2.06. The van der Waals surface area contributed by atoms with E-state index < -0.39 is 0 Å². The predicted octanol–water partition coefficient (Wildman–Crippen LogP) is 5.26. The number of nitrogens with two attached hydrogens (primary N) is 1. The normalized spacial score (nSPS) is 10.8. The van der Waals surface area contributed by atoms with E-state index >= 15 is 0 Å². The summed E-state index contributed by atoms with van der Waals surface area (Å²) in [4.78, 5) is 13.0. The first-order valence-electron chi connectivity index (χ1n) is 6.10. The highest BCUT2D eigenvalue weighted by Gasteiger charge is 2.18. The Morgan fingerprint density at radius 1 is 1.05 bits per heavy atom. The summed E-state index contributed by atoms with van der Waals surface area (Å²) < 4.78 is 2.71. The molecule has 3 nitrogen and oxygen atoms in total. The maximum absolute atomic E-state index is 12.5. The zero-order chi connectivity index (χ0) is 15.0. The summed E-state index contributed by atoms with van der Waals surface area (Å²) in [6, 6.07) is 13.3. The number of nitrogen functional groups attached to an aromatic ring is 1. The van der Waals surface area contributed by atoms with E-state index in [1.807, 2.05) is 42.5 Å². The third kappa shape index (κ3) is 2.71. The Morgan fingerprint density at radius 3 is 2.48 bits per heavy atom. The van der Waals surface area contributed by atoms with Crippen molar-refractivity contribution in [2.75, 3.05) is 11.1 Å². The van der Waals surface area contributed by atoms with Crippen molar-refractivity contribution in [3.63, 3.8) is 0 Å². The van der Waals surface area contributed by atoms with Crippen LogP contribution in [-0.2, 0) is 0 Å². The molecule has 2 aromatic carbocycles. The van der Waals surface area contributed by atoms with Gasteiger partial charge in [-0.15, -0.1) is 11.3 Å². The van der Waals surface area contributed by atoms with Crippen molar-refractivity contribution in [3.8, 4) is 0 Å². The second kappa shape index (κ2) is 5.79. The van der Waals surface area contributed by atoms with Crippen molar-refractivity contribution < 1.29 is 4.79 Å². The van der Waals surface area contributed by atoms with Gasteiger partial charge in [-0.1, -0.05) is 34.1 Å². The van der Waals surface area contributed by atoms with Crippen LogP contribution in [0.25, 0.3) is 10.1 Å². The van der Waals surface area contributed by atoms with Crippen LogP contribution < -0.4 is 11.1 Å². The molecule has 0 radical (unpaired) electrons. The Kier molecular flexibility index (Phi) is 4.01. The van der Waals surface area contributed by atoms with E-state index in [2.05, 4.69) is 37.2 Å². The van der Waals surface area contributed by atoms with Crippen LogP contribution in [-0.4, -0.2) is 5.91 Å². The Balaban J connectivity index is 2.01. The number of fused-ring (bicyclic) bond motifs is 1. The summed E-state index contributed by atoms with van der Waals surface area (Å²) in [6.07, 6.45) is 0. The molecule has 0 atom stereocenters. The zero-order valence-corrected chi connectivity index (χ0v) is 14.7. The van der Waals surface area contributed by atoms with Crippen molar-refractivity contribution in [2.45, 2.75) is 0 Å². The molecule has 6 heteroatoms. The highest BCUT2D eigenvalue weighted by Crippen LogP contribution is 2.38. The van der Waals surface area contributed by atoms with Gasteiger partial charge in [0.1, 0.15) is 4.88 Å². The monoisotopic (exact) mass is 424 g/mol. The Labute approximate surface area is 142 Å². The molecule has 0 aliphatic carbocycles. The number of hydrogen-bond acceptors (Lipinski definition) is 3. The van der Waals surface area contributed by atoms with Crippen LogP contribution in [0.2, 0.25) is 0 Å². The molecule has 0 saturated heterocycles. The SMILES string of the molecule is Nc1c(C(=O)Nc2ccccc2Br)sc2cccc(Br)c12. The summed E-state index contributed by atoms with van der Waals surface area (Å²) in [7, 11) is 0. The number of para-hydroxylation sites is 1. The lowest BCUT2D eigenvalue weighted by Crippen LogP contribution is -2.12. The number of thiophene rings is 1. The molecule has 1 amide bonds. The summed E-state index contributed by atoms with van der Waals surface area (Å²) in [5, 5.41) is 3.77. The van der Waals surface area contributed by atoms with Gasteiger partial charge >= 0.3 is 0 Å². The molecule has 1 heterocycles. The van der Waals surface area contributed by atoms with Crippen molar-refractivity contribution in [3.05, 3.63) is 56.3 Å². The summed E-state index contributed by atoms with van der Waals surface area (Å²) in [6.45, 7) is 0. The van der Waals surface area contributed by atoms with Crippen molar-refractivity contribution in [1.82, 2.24) is 0 Å². The molecule has 3 N–H and O–H groups in total. The average Bonchev–Trinajstić information content (AvgIpc) is 2.80. The van der Waals surface area contributed by atoms with Crippen LogP contribution in [0.1, 0.15) is 9.67 Å². The summed E-state index contributed by atoms with van der Waals surface area (Å²) in [5.41, 5.74) is 7.37. The Hall–Kier alpha value is -1.37. The molecule has 0 fully saturated rings. The first kappa shape index (κ1) is 14.6. The number of benzene rings is 2. The minimum absolute atomic E-state index is 0.201. The number of nitrogens with one attached hydrogen (secondary N) is 1. The topological polar surface area (TPSA) is 55.1 Å². The number of amides is 1. The third-order valence-corrected chi connectivity index (χ3v) is 5.55. The molecule has 0 bridgehead atoms. The smallest absolute Gasteiger partial charge is 0.267 e. The number of halogens is 2. The maximum Gasteiger partial charge on any atom is 0.267 e. The lowest BCUT2D eigenvalue weighted by molar-refractivity contribution is 0.103. The number of anilines is 2. The van der Waals surface area contributed by atoms with Gasteiger partial charge in [0.05, 0.1) is 11.4 Å². The minimum atomic E-state index is -0.201. The fraction of sp³-hybridized carbons (Fsp3) is 0. The van der Waals surface area contributed by atoms with E-state index in [0.717, 1.165) is 24.7 Å². The molecule has 3 rings (SSSR count). The fourth-order valence-electron chi connectivity index (χ4n) is 2.04. The first-order valence-corrected chi connectivity index (χ1v) is 8.50. The van der Waals surface area contributed by atoms with E-state index in [9.17, 15) is 4.79 Å². The zero-order valence-electron chi connectivity index (χ0n) is 10.7. The molecular formula is C15H10Br2N2OS. The lowest BCUT2D eigenvalue weighted by atomic mass is 10.2. The average molecular weight is 426 g/mol. The quantitative estimate of drug-likeness (QED) is 0.588. The molecule has 0 spiro atoms. The van der Waals surface area contributed by atoms with Crippen LogP contribution >= 0.6 is 43.2 Å². The second-order valence-electron chi connectivity index (χ2n) is 4.39. The van der Waals surface area contributed by atoms with Crippen molar-refractivity contribution in [1.29, 1.82) is 0 Å². The minimum Gasteiger partial charge on any atom is -0.397 e. The molecule has 0 unspecified atom stereocenters. The van der Waals surface area contributed by atoms with Gasteiger partial charge in [0.25, 0.3) is 5.91 Å². The van der Waals surface area contributed by atoms with Gasteiger partial charge in [-0.25, -0.2) is 0 Å². The standard InChI is InChI=1S/C15H10Br2N2OS/c16-8-4-1-2-6-10(8)19-15(20)14-13(18)12-9(17)5-3-7-11(12)21-14/h1-7H,18H2,(H,19,20). The van der Waals surface area contributed by atoms with E-state index in [1.54, 1.807) is 0 Å². The second-order valence-corrected chi connectivity index (χ2v) is 7.15. The molecule has 0 saturated carbocycles. The largest absolute Gasteiger partial charge is 0.397 e. The van der Waals surface area contributed by atoms with Crippen LogP contribution in [0, 0.1) is 0 Å². The summed E-state index contributed by atoms with van der Waals surface area (Å²) >= 11 is 8.28. The maximum atomic E-state index is 12.5.